The van der Waals surface area contributed by atoms with Crippen molar-refractivity contribution in [3.63, 3.8) is 0 Å². The van der Waals surface area contributed by atoms with Gasteiger partial charge in [0.05, 0.1) is 13.2 Å². The molecule has 0 aromatic rings. The minimum Gasteiger partial charge on any atom is -0.468 e. The van der Waals surface area contributed by atoms with Gasteiger partial charge < -0.3 is 4.74 Å². The van der Waals surface area contributed by atoms with E-state index in [4.69, 9.17) is 10.00 Å². The van der Waals surface area contributed by atoms with E-state index in [2.05, 4.69) is 11.8 Å². The average molecular weight is 247 g/mol. The highest BCUT2D eigenvalue weighted by atomic mass is 16.5. The van der Waals surface area contributed by atoms with Gasteiger partial charge >= 0.3 is 5.97 Å². The molecule has 2 atom stereocenters. The van der Waals surface area contributed by atoms with Crippen LogP contribution in [0.1, 0.15) is 39.0 Å². The maximum absolute atomic E-state index is 12.1. The maximum atomic E-state index is 12.1. The number of nitriles is 1. The first kappa shape index (κ1) is 14.3. The van der Waals surface area contributed by atoms with Crippen LogP contribution >= 0.6 is 0 Å². The summed E-state index contributed by atoms with van der Waals surface area (Å²) in [5.74, 6) is 4.79. The Morgan fingerprint density at radius 1 is 1.56 bits per heavy atom. The van der Waals surface area contributed by atoms with Crippen LogP contribution in [0.5, 0.6) is 0 Å². The quantitative estimate of drug-likeness (QED) is 0.433. The molecule has 1 rings (SSSR count). The number of rotatable bonds is 3. The molecule has 18 heavy (non-hydrogen) atoms. The molecule has 2 unspecified atom stereocenters. The number of carbonyl (C=O) groups is 2. The van der Waals surface area contributed by atoms with Crippen molar-refractivity contribution in [3.8, 4) is 17.9 Å². The molecule has 1 saturated carbocycles. The fourth-order valence-corrected chi connectivity index (χ4v) is 2.49. The van der Waals surface area contributed by atoms with Gasteiger partial charge in [-0.1, -0.05) is 6.92 Å². The zero-order valence-corrected chi connectivity index (χ0v) is 10.8. The standard InChI is InChI=1S/C14H17NO3/c1-3-4-5-9-14(13(17)18-2)11(8-10-15)6-7-12(14)16/h11H,3,6-9H2,1-2H3. The van der Waals surface area contributed by atoms with Gasteiger partial charge in [-0.05, 0) is 12.3 Å². The number of methoxy groups -OCH3 is 1. The third-order valence-electron chi connectivity index (χ3n) is 3.47. The van der Waals surface area contributed by atoms with E-state index in [9.17, 15) is 9.59 Å². The van der Waals surface area contributed by atoms with Gasteiger partial charge in [0.1, 0.15) is 5.41 Å². The molecule has 96 valence electrons. The Bertz CT molecular complexity index is 438. The summed E-state index contributed by atoms with van der Waals surface area (Å²) >= 11 is 0. The number of hydrogen-bond donors (Lipinski definition) is 0. The number of hydrogen-bond acceptors (Lipinski definition) is 4. The Kier molecular flexibility index (Phi) is 4.92. The van der Waals surface area contributed by atoms with Crippen LogP contribution in [0.3, 0.4) is 0 Å². The summed E-state index contributed by atoms with van der Waals surface area (Å²) in [6.07, 6.45) is 1.92. The monoisotopic (exact) mass is 247 g/mol. The van der Waals surface area contributed by atoms with E-state index in [1.807, 2.05) is 13.0 Å². The SMILES string of the molecule is CCC#CCC1(C(=O)OC)C(=O)CCC1CC#N. The van der Waals surface area contributed by atoms with Gasteiger partial charge in [0.2, 0.25) is 0 Å². The van der Waals surface area contributed by atoms with Crippen LogP contribution < -0.4 is 0 Å². The molecule has 0 amide bonds. The molecule has 0 saturated heterocycles. The van der Waals surface area contributed by atoms with E-state index in [0.29, 0.717) is 19.3 Å². The van der Waals surface area contributed by atoms with Crippen LogP contribution in [0.15, 0.2) is 0 Å². The first-order valence-electron chi connectivity index (χ1n) is 6.07. The fraction of sp³-hybridized carbons (Fsp3) is 0.643. The van der Waals surface area contributed by atoms with Crippen molar-refractivity contribution in [1.29, 1.82) is 5.26 Å². The second kappa shape index (κ2) is 6.21. The molecule has 4 nitrogen and oxygen atoms in total. The van der Waals surface area contributed by atoms with E-state index in [-0.39, 0.29) is 24.5 Å². The molecular formula is C14H17NO3. The Hall–Kier alpha value is -1.81. The molecule has 0 spiro atoms. The summed E-state index contributed by atoms with van der Waals surface area (Å²) < 4.78 is 4.78. The number of Topliss-reactive ketones (excluding diaryl/α,β-unsaturated/α-hetero) is 1. The average Bonchev–Trinajstić information content (AvgIpc) is 2.68. The number of nitrogens with zero attached hydrogens (tertiary/aromatic N) is 1. The van der Waals surface area contributed by atoms with E-state index in [0.717, 1.165) is 0 Å². The zero-order chi connectivity index (χ0) is 13.6. The molecule has 1 aliphatic rings. The zero-order valence-electron chi connectivity index (χ0n) is 10.8. The third kappa shape index (κ3) is 2.38. The normalized spacial score (nSPS) is 26.1. The Labute approximate surface area is 107 Å². The maximum Gasteiger partial charge on any atom is 0.320 e. The van der Waals surface area contributed by atoms with Crippen LogP contribution in [0.25, 0.3) is 0 Å². The summed E-state index contributed by atoms with van der Waals surface area (Å²) in [5.41, 5.74) is -1.22. The molecule has 0 heterocycles. The lowest BCUT2D eigenvalue weighted by Gasteiger charge is -2.27. The van der Waals surface area contributed by atoms with Crippen LogP contribution in [0, 0.1) is 34.5 Å². The largest absolute Gasteiger partial charge is 0.468 e. The van der Waals surface area contributed by atoms with Gasteiger partial charge in [-0.2, -0.15) is 5.26 Å². The Morgan fingerprint density at radius 2 is 2.28 bits per heavy atom. The molecular weight excluding hydrogens is 230 g/mol. The lowest BCUT2D eigenvalue weighted by molar-refractivity contribution is -0.158. The van der Waals surface area contributed by atoms with E-state index < -0.39 is 11.4 Å². The second-order valence-electron chi connectivity index (χ2n) is 4.37. The number of ketones is 1. The molecule has 0 aromatic heterocycles. The molecule has 0 aromatic carbocycles. The summed E-state index contributed by atoms with van der Waals surface area (Å²) in [6, 6.07) is 2.05. The van der Waals surface area contributed by atoms with Gasteiger partial charge in [0, 0.05) is 25.7 Å². The summed E-state index contributed by atoms with van der Waals surface area (Å²) in [7, 11) is 1.27. The predicted molar refractivity (Wildman–Crippen MR) is 65.1 cm³/mol. The number of esters is 1. The lowest BCUT2D eigenvalue weighted by atomic mass is 9.73. The van der Waals surface area contributed by atoms with Gasteiger partial charge in [0.15, 0.2) is 5.78 Å². The summed E-state index contributed by atoms with van der Waals surface area (Å²) in [6.45, 7) is 1.90. The lowest BCUT2D eigenvalue weighted by Crippen LogP contribution is -2.41. The third-order valence-corrected chi connectivity index (χ3v) is 3.47. The van der Waals surface area contributed by atoms with Crippen molar-refractivity contribution in [2.45, 2.75) is 39.0 Å². The van der Waals surface area contributed by atoms with E-state index in [1.165, 1.54) is 7.11 Å². The van der Waals surface area contributed by atoms with Gasteiger partial charge in [-0.15, -0.1) is 11.8 Å². The molecule has 4 heteroatoms. The summed E-state index contributed by atoms with van der Waals surface area (Å²) in [4.78, 5) is 24.1. The highest BCUT2D eigenvalue weighted by molar-refractivity contribution is 6.06. The van der Waals surface area contributed by atoms with Crippen molar-refractivity contribution in [3.05, 3.63) is 0 Å². The minimum absolute atomic E-state index is 0.139. The van der Waals surface area contributed by atoms with Crippen molar-refractivity contribution in [2.75, 3.05) is 7.11 Å². The second-order valence-corrected chi connectivity index (χ2v) is 4.37. The first-order chi connectivity index (χ1) is 8.63. The van der Waals surface area contributed by atoms with Crippen molar-refractivity contribution >= 4 is 11.8 Å². The van der Waals surface area contributed by atoms with Crippen LogP contribution in [-0.2, 0) is 14.3 Å². The fourth-order valence-electron chi connectivity index (χ4n) is 2.49. The van der Waals surface area contributed by atoms with Gasteiger partial charge in [-0.3, -0.25) is 9.59 Å². The van der Waals surface area contributed by atoms with E-state index >= 15 is 0 Å². The minimum atomic E-state index is -1.22. The molecule has 0 bridgehead atoms. The number of carbonyl (C=O) groups excluding carboxylic acids is 2. The smallest absolute Gasteiger partial charge is 0.320 e. The predicted octanol–water partition coefficient (Wildman–Crippen LogP) is 1.84. The molecule has 1 aliphatic carbocycles. The van der Waals surface area contributed by atoms with Gasteiger partial charge in [0.25, 0.3) is 0 Å². The van der Waals surface area contributed by atoms with E-state index in [1.54, 1.807) is 0 Å². The van der Waals surface area contributed by atoms with Crippen molar-refractivity contribution < 1.29 is 14.3 Å². The molecule has 0 aliphatic heterocycles. The van der Waals surface area contributed by atoms with Crippen molar-refractivity contribution in [2.24, 2.45) is 11.3 Å². The topological polar surface area (TPSA) is 67.2 Å². The Morgan fingerprint density at radius 3 is 2.83 bits per heavy atom. The Balaban J connectivity index is 3.11. The van der Waals surface area contributed by atoms with Crippen LogP contribution in [-0.4, -0.2) is 18.9 Å². The van der Waals surface area contributed by atoms with Crippen LogP contribution in [0.2, 0.25) is 0 Å². The molecule has 1 fully saturated rings. The highest BCUT2D eigenvalue weighted by Crippen LogP contribution is 2.45. The summed E-state index contributed by atoms with van der Waals surface area (Å²) in [5, 5.41) is 8.82. The molecule has 0 radical (unpaired) electrons. The molecule has 0 N–H and O–H groups in total. The highest BCUT2D eigenvalue weighted by Gasteiger charge is 2.55. The van der Waals surface area contributed by atoms with Gasteiger partial charge in [-0.25, -0.2) is 0 Å². The van der Waals surface area contributed by atoms with Crippen LogP contribution in [0.4, 0.5) is 0 Å². The number of ether oxygens (including phenoxy) is 1. The van der Waals surface area contributed by atoms with Crippen molar-refractivity contribution in [1.82, 2.24) is 0 Å². The first-order valence-corrected chi connectivity index (χ1v) is 6.07.